The molecular weight excluding hydrogens is 380 g/mol. The number of carbonyl (C=O) groups is 3. The van der Waals surface area contributed by atoms with Gasteiger partial charge in [0.1, 0.15) is 0 Å². The molecule has 0 saturated heterocycles. The van der Waals surface area contributed by atoms with Gasteiger partial charge in [-0.2, -0.15) is 0 Å². The van der Waals surface area contributed by atoms with Crippen LogP contribution in [0.3, 0.4) is 0 Å². The fourth-order valence-electron chi connectivity index (χ4n) is 2.17. The lowest BCUT2D eigenvalue weighted by molar-refractivity contribution is -0.153. The van der Waals surface area contributed by atoms with Gasteiger partial charge in [-0.15, -0.1) is 0 Å². The van der Waals surface area contributed by atoms with Gasteiger partial charge in [-0.05, 0) is 42.8 Å². The zero-order valence-corrected chi connectivity index (χ0v) is 16.1. The molecule has 7 heteroatoms. The van der Waals surface area contributed by atoms with Crippen LogP contribution in [-0.2, 0) is 19.1 Å². The van der Waals surface area contributed by atoms with Crippen LogP contribution in [0, 0.1) is 0 Å². The predicted molar refractivity (Wildman–Crippen MR) is 109 cm³/mol. The Morgan fingerprint density at radius 2 is 1.75 bits per heavy atom. The van der Waals surface area contributed by atoms with Crippen molar-refractivity contribution < 1.29 is 19.1 Å². The lowest BCUT2D eigenvalue weighted by Crippen LogP contribution is -2.31. The highest BCUT2D eigenvalue weighted by molar-refractivity contribution is 6.30. The normalized spacial score (nSPS) is 11.6. The van der Waals surface area contributed by atoms with Gasteiger partial charge in [0.2, 0.25) is 5.91 Å². The maximum atomic E-state index is 12.0. The van der Waals surface area contributed by atoms with Crippen LogP contribution < -0.4 is 10.6 Å². The Balaban J connectivity index is 1.68. The van der Waals surface area contributed by atoms with E-state index < -0.39 is 18.0 Å². The topological polar surface area (TPSA) is 84.5 Å². The molecule has 0 unspecified atom stereocenters. The van der Waals surface area contributed by atoms with E-state index in [4.69, 9.17) is 16.3 Å². The first-order chi connectivity index (χ1) is 13.4. The molecule has 146 valence electrons. The number of esters is 1. The number of hydrogen-bond donors (Lipinski definition) is 2. The minimum absolute atomic E-state index is 0.0382. The van der Waals surface area contributed by atoms with Crippen molar-refractivity contribution in [2.75, 3.05) is 11.9 Å². The highest BCUT2D eigenvalue weighted by Crippen LogP contribution is 2.14. The predicted octanol–water partition coefficient (Wildman–Crippen LogP) is 3.43. The molecule has 2 aromatic carbocycles. The van der Waals surface area contributed by atoms with Gasteiger partial charge in [0.15, 0.2) is 6.10 Å². The molecule has 0 spiro atoms. The van der Waals surface area contributed by atoms with Crippen molar-refractivity contribution >= 4 is 41.1 Å². The summed E-state index contributed by atoms with van der Waals surface area (Å²) in [6, 6.07) is 16.0. The summed E-state index contributed by atoms with van der Waals surface area (Å²) in [6.07, 6.45) is 2.07. The molecule has 0 aromatic heterocycles. The largest absolute Gasteiger partial charge is 0.452 e. The van der Waals surface area contributed by atoms with Crippen molar-refractivity contribution in [3.8, 4) is 0 Å². The number of amides is 2. The Hall–Kier alpha value is -3.12. The smallest absolute Gasteiger partial charge is 0.308 e. The van der Waals surface area contributed by atoms with E-state index in [1.54, 1.807) is 30.3 Å². The van der Waals surface area contributed by atoms with Gasteiger partial charge < -0.3 is 15.4 Å². The number of ether oxygens (including phenoxy) is 1. The Morgan fingerprint density at radius 1 is 1.07 bits per heavy atom. The fraction of sp³-hybridized carbons (Fsp3) is 0.190. The SMILES string of the molecule is C[C@H](OC(=O)CCNC(=O)/C=C/c1ccccc1)C(=O)Nc1ccc(Cl)cc1. The molecular formula is C21H21ClN2O4. The van der Waals surface area contributed by atoms with Gasteiger partial charge in [-0.25, -0.2) is 0 Å². The Labute approximate surface area is 168 Å². The number of carbonyl (C=O) groups excluding carboxylic acids is 3. The van der Waals surface area contributed by atoms with Crippen molar-refractivity contribution in [3.05, 3.63) is 71.3 Å². The first-order valence-electron chi connectivity index (χ1n) is 8.71. The first-order valence-corrected chi connectivity index (χ1v) is 9.09. The maximum Gasteiger partial charge on any atom is 0.308 e. The monoisotopic (exact) mass is 400 g/mol. The molecule has 2 rings (SSSR count). The molecule has 2 amide bonds. The zero-order valence-electron chi connectivity index (χ0n) is 15.4. The van der Waals surface area contributed by atoms with E-state index in [1.165, 1.54) is 13.0 Å². The highest BCUT2D eigenvalue weighted by Gasteiger charge is 2.17. The highest BCUT2D eigenvalue weighted by atomic mass is 35.5. The van der Waals surface area contributed by atoms with Gasteiger partial charge in [-0.1, -0.05) is 41.9 Å². The molecule has 2 N–H and O–H groups in total. The third-order valence-corrected chi connectivity index (χ3v) is 3.90. The van der Waals surface area contributed by atoms with E-state index in [2.05, 4.69) is 10.6 Å². The van der Waals surface area contributed by atoms with E-state index in [-0.39, 0.29) is 18.9 Å². The van der Waals surface area contributed by atoms with E-state index in [1.807, 2.05) is 30.3 Å². The first kappa shape index (κ1) is 21.2. The lowest BCUT2D eigenvalue weighted by atomic mass is 10.2. The summed E-state index contributed by atoms with van der Waals surface area (Å²) in [4.78, 5) is 35.6. The van der Waals surface area contributed by atoms with Crippen molar-refractivity contribution in [1.82, 2.24) is 5.32 Å². The summed E-state index contributed by atoms with van der Waals surface area (Å²) in [7, 11) is 0. The van der Waals surface area contributed by atoms with E-state index in [9.17, 15) is 14.4 Å². The van der Waals surface area contributed by atoms with Gasteiger partial charge in [0.05, 0.1) is 6.42 Å². The standard InChI is InChI=1S/C21H21ClN2O4/c1-15(21(27)24-18-10-8-17(22)9-11-18)28-20(26)13-14-23-19(25)12-7-16-5-3-2-4-6-16/h2-12,15H,13-14H2,1H3,(H,23,25)(H,24,27)/b12-7+/t15-/m0/s1. The summed E-state index contributed by atoms with van der Waals surface area (Å²) in [6.45, 7) is 1.59. The number of hydrogen-bond acceptors (Lipinski definition) is 4. The molecule has 0 bridgehead atoms. The van der Waals surface area contributed by atoms with Gasteiger partial charge in [-0.3, -0.25) is 14.4 Å². The van der Waals surface area contributed by atoms with Crippen LogP contribution in [0.2, 0.25) is 5.02 Å². The van der Waals surface area contributed by atoms with Crippen LogP contribution in [-0.4, -0.2) is 30.4 Å². The van der Waals surface area contributed by atoms with E-state index in [0.717, 1.165) is 5.56 Å². The minimum Gasteiger partial charge on any atom is -0.452 e. The zero-order chi connectivity index (χ0) is 20.4. The van der Waals surface area contributed by atoms with Crippen molar-refractivity contribution in [2.45, 2.75) is 19.4 Å². The van der Waals surface area contributed by atoms with Crippen molar-refractivity contribution in [3.63, 3.8) is 0 Å². The Morgan fingerprint density at radius 3 is 2.43 bits per heavy atom. The number of benzene rings is 2. The third-order valence-electron chi connectivity index (χ3n) is 3.64. The molecule has 1 atom stereocenters. The Kier molecular flexibility index (Phi) is 8.24. The second-order valence-corrected chi connectivity index (χ2v) is 6.35. The molecule has 0 fully saturated rings. The minimum atomic E-state index is -0.961. The summed E-state index contributed by atoms with van der Waals surface area (Å²) in [5.74, 6) is -1.35. The maximum absolute atomic E-state index is 12.0. The van der Waals surface area contributed by atoms with Crippen LogP contribution in [0.1, 0.15) is 18.9 Å². The molecule has 28 heavy (non-hydrogen) atoms. The van der Waals surface area contributed by atoms with Crippen LogP contribution in [0.15, 0.2) is 60.7 Å². The average Bonchev–Trinajstić information content (AvgIpc) is 2.69. The summed E-state index contributed by atoms with van der Waals surface area (Å²) < 4.78 is 5.07. The summed E-state index contributed by atoms with van der Waals surface area (Å²) >= 11 is 5.79. The molecule has 0 aliphatic carbocycles. The average molecular weight is 401 g/mol. The number of rotatable bonds is 8. The Bertz CT molecular complexity index is 835. The van der Waals surface area contributed by atoms with Crippen molar-refractivity contribution in [1.29, 1.82) is 0 Å². The fourth-order valence-corrected chi connectivity index (χ4v) is 2.30. The van der Waals surface area contributed by atoms with Crippen LogP contribution in [0.5, 0.6) is 0 Å². The molecule has 2 aromatic rings. The van der Waals surface area contributed by atoms with E-state index in [0.29, 0.717) is 10.7 Å². The number of nitrogens with one attached hydrogen (secondary N) is 2. The molecule has 0 radical (unpaired) electrons. The lowest BCUT2D eigenvalue weighted by Gasteiger charge is -2.13. The molecule has 0 heterocycles. The van der Waals surface area contributed by atoms with Crippen LogP contribution in [0.25, 0.3) is 6.08 Å². The summed E-state index contributed by atoms with van der Waals surface area (Å²) in [5, 5.41) is 5.77. The second-order valence-electron chi connectivity index (χ2n) is 5.91. The van der Waals surface area contributed by atoms with Crippen LogP contribution >= 0.6 is 11.6 Å². The van der Waals surface area contributed by atoms with Gasteiger partial charge >= 0.3 is 5.97 Å². The second kappa shape index (κ2) is 10.9. The third kappa shape index (κ3) is 7.63. The van der Waals surface area contributed by atoms with Crippen LogP contribution in [0.4, 0.5) is 5.69 Å². The molecule has 0 saturated carbocycles. The number of anilines is 1. The number of halogens is 1. The quantitative estimate of drug-likeness (QED) is 0.525. The summed E-state index contributed by atoms with van der Waals surface area (Å²) in [5.41, 5.74) is 1.45. The van der Waals surface area contributed by atoms with Gasteiger partial charge in [0.25, 0.3) is 5.91 Å². The van der Waals surface area contributed by atoms with Gasteiger partial charge in [0, 0.05) is 23.3 Å². The molecule has 0 aliphatic heterocycles. The molecule has 6 nitrogen and oxygen atoms in total. The van der Waals surface area contributed by atoms with E-state index >= 15 is 0 Å². The molecule has 0 aliphatic rings. The van der Waals surface area contributed by atoms with Crippen molar-refractivity contribution in [2.24, 2.45) is 0 Å².